The fourth-order valence-electron chi connectivity index (χ4n) is 1.70. The van der Waals surface area contributed by atoms with Crippen LogP contribution in [0.15, 0.2) is 24.3 Å². The Morgan fingerprint density at radius 2 is 2.17 bits per heavy atom. The molecule has 18 heavy (non-hydrogen) atoms. The van der Waals surface area contributed by atoms with Gasteiger partial charge in [-0.3, -0.25) is 0 Å². The van der Waals surface area contributed by atoms with Crippen molar-refractivity contribution in [2.24, 2.45) is 0 Å². The van der Waals surface area contributed by atoms with Crippen LogP contribution in [0.3, 0.4) is 0 Å². The van der Waals surface area contributed by atoms with E-state index in [4.69, 9.17) is 16.7 Å². The topological polar surface area (TPSA) is 38.0 Å². The van der Waals surface area contributed by atoms with Crippen LogP contribution in [0.4, 0.5) is 8.78 Å². The van der Waals surface area contributed by atoms with Crippen LogP contribution in [-0.2, 0) is 6.61 Å². The fourth-order valence-corrected chi connectivity index (χ4v) is 1.99. The van der Waals surface area contributed by atoms with E-state index in [-0.39, 0.29) is 10.7 Å². The second kappa shape index (κ2) is 5.04. The maximum Gasteiger partial charge on any atom is 0.282 e. The highest BCUT2D eigenvalue weighted by molar-refractivity contribution is 6.30. The van der Waals surface area contributed by atoms with E-state index in [9.17, 15) is 8.78 Å². The molecule has 0 saturated carbocycles. The molecule has 0 unspecified atom stereocenters. The average molecular weight is 273 g/mol. The quantitative estimate of drug-likeness (QED) is 0.931. The summed E-state index contributed by atoms with van der Waals surface area (Å²) in [5.74, 6) is 0. The predicted molar refractivity (Wildman–Crippen MR) is 64.2 cm³/mol. The molecule has 0 bridgehead atoms. The van der Waals surface area contributed by atoms with Gasteiger partial charge in [0.1, 0.15) is 10.8 Å². The van der Waals surface area contributed by atoms with Gasteiger partial charge in [0.25, 0.3) is 6.43 Å². The van der Waals surface area contributed by atoms with Gasteiger partial charge in [-0.1, -0.05) is 23.7 Å². The molecule has 3 nitrogen and oxygen atoms in total. The molecule has 0 spiro atoms. The third kappa shape index (κ3) is 2.23. The number of benzene rings is 1. The van der Waals surface area contributed by atoms with Crippen LogP contribution in [0.2, 0.25) is 5.15 Å². The lowest BCUT2D eigenvalue weighted by Crippen LogP contribution is -1.98. The van der Waals surface area contributed by atoms with Gasteiger partial charge in [-0.2, -0.15) is 5.10 Å². The highest BCUT2D eigenvalue weighted by atomic mass is 35.5. The van der Waals surface area contributed by atoms with Gasteiger partial charge in [0.05, 0.1) is 12.3 Å². The Hall–Kier alpha value is -1.46. The van der Waals surface area contributed by atoms with Crippen LogP contribution in [0.25, 0.3) is 5.69 Å². The molecule has 2 aromatic rings. The Kier molecular flexibility index (Phi) is 3.63. The van der Waals surface area contributed by atoms with Gasteiger partial charge in [0, 0.05) is 5.56 Å². The third-order valence-corrected chi connectivity index (χ3v) is 2.95. The summed E-state index contributed by atoms with van der Waals surface area (Å²) in [7, 11) is 0. The van der Waals surface area contributed by atoms with Gasteiger partial charge in [-0.05, 0) is 24.6 Å². The first-order valence-electron chi connectivity index (χ1n) is 5.28. The lowest BCUT2D eigenvalue weighted by atomic mass is 10.2. The fraction of sp³-hybridized carbons (Fsp3) is 0.250. The zero-order chi connectivity index (χ0) is 13.3. The minimum Gasteiger partial charge on any atom is -0.391 e. The van der Waals surface area contributed by atoms with E-state index in [0.29, 0.717) is 5.69 Å². The highest BCUT2D eigenvalue weighted by Crippen LogP contribution is 2.30. The Morgan fingerprint density at radius 3 is 2.67 bits per heavy atom. The summed E-state index contributed by atoms with van der Waals surface area (Å²) in [6.07, 6.45) is -2.77. The third-order valence-electron chi connectivity index (χ3n) is 2.56. The largest absolute Gasteiger partial charge is 0.391 e. The summed E-state index contributed by atoms with van der Waals surface area (Å²) in [6, 6.07) is 7.14. The Bertz CT molecular complexity index is 569. The number of aryl methyl sites for hydroxylation is 1. The monoisotopic (exact) mass is 272 g/mol. The molecule has 1 heterocycles. The van der Waals surface area contributed by atoms with Gasteiger partial charge in [-0.25, -0.2) is 13.5 Å². The molecule has 1 aromatic carbocycles. The summed E-state index contributed by atoms with van der Waals surface area (Å²) in [6.45, 7) is 1.31. The van der Waals surface area contributed by atoms with Crippen LogP contribution in [0.5, 0.6) is 0 Å². The molecule has 0 aliphatic heterocycles. The minimum absolute atomic E-state index is 0.0124. The van der Waals surface area contributed by atoms with E-state index in [2.05, 4.69) is 5.10 Å². The minimum atomic E-state index is -2.77. The zero-order valence-corrected chi connectivity index (χ0v) is 10.3. The summed E-state index contributed by atoms with van der Waals surface area (Å²) in [5.41, 5.74) is 1.03. The number of aliphatic hydroxyl groups is 1. The number of halogens is 3. The molecule has 6 heteroatoms. The van der Waals surface area contributed by atoms with Gasteiger partial charge in [0.15, 0.2) is 0 Å². The van der Waals surface area contributed by atoms with Crippen LogP contribution < -0.4 is 0 Å². The van der Waals surface area contributed by atoms with E-state index < -0.39 is 18.7 Å². The molecule has 0 saturated heterocycles. The number of hydrogen-bond acceptors (Lipinski definition) is 2. The average Bonchev–Trinajstić information content (AvgIpc) is 2.66. The van der Waals surface area contributed by atoms with Gasteiger partial charge in [0.2, 0.25) is 0 Å². The molecule has 0 radical (unpaired) electrons. The first-order chi connectivity index (χ1) is 8.54. The van der Waals surface area contributed by atoms with Crippen molar-refractivity contribution in [2.75, 3.05) is 0 Å². The molecule has 1 N–H and O–H groups in total. The summed E-state index contributed by atoms with van der Waals surface area (Å²) >= 11 is 5.97. The lowest BCUT2D eigenvalue weighted by Gasteiger charge is -2.04. The first-order valence-corrected chi connectivity index (χ1v) is 5.65. The summed E-state index contributed by atoms with van der Waals surface area (Å²) < 4.78 is 26.7. The lowest BCUT2D eigenvalue weighted by molar-refractivity contribution is 0.141. The normalized spacial score (nSPS) is 11.2. The van der Waals surface area contributed by atoms with Crippen LogP contribution in [0, 0.1) is 6.92 Å². The smallest absolute Gasteiger partial charge is 0.282 e. The number of aromatic nitrogens is 2. The Balaban J connectivity index is 2.59. The zero-order valence-electron chi connectivity index (χ0n) is 9.57. The molecule has 2 rings (SSSR count). The molecule has 0 aliphatic carbocycles. The molecule has 0 amide bonds. The second-order valence-corrected chi connectivity index (χ2v) is 4.22. The molecular weight excluding hydrogens is 262 g/mol. The summed E-state index contributed by atoms with van der Waals surface area (Å²) in [4.78, 5) is 0. The number of aliphatic hydroxyl groups excluding tert-OH is 1. The first kappa shape index (κ1) is 13.0. The number of hydrogen-bond donors (Lipinski definition) is 1. The van der Waals surface area contributed by atoms with E-state index in [1.807, 2.05) is 13.0 Å². The number of nitrogens with zero attached hydrogens (tertiary/aromatic N) is 2. The predicted octanol–water partition coefficient (Wildman–Crippen LogP) is 3.26. The standard InChI is InChI=1S/C12H11ClF2N2O/c1-7-3-2-4-8(5-7)17-11(13)9(6-18)10(16-17)12(14)15/h2-5,12,18H,6H2,1H3. The second-order valence-electron chi connectivity index (χ2n) is 3.86. The molecular formula is C12H11ClF2N2O. The highest BCUT2D eigenvalue weighted by Gasteiger charge is 2.23. The van der Waals surface area contributed by atoms with Crippen molar-refractivity contribution in [3.63, 3.8) is 0 Å². The van der Waals surface area contributed by atoms with Crippen LogP contribution >= 0.6 is 11.6 Å². The van der Waals surface area contributed by atoms with E-state index in [0.717, 1.165) is 5.56 Å². The van der Waals surface area contributed by atoms with Crippen molar-refractivity contribution in [1.82, 2.24) is 9.78 Å². The van der Waals surface area contributed by atoms with Crippen LogP contribution in [-0.4, -0.2) is 14.9 Å². The van der Waals surface area contributed by atoms with E-state index in [1.54, 1.807) is 18.2 Å². The van der Waals surface area contributed by atoms with Crippen LogP contribution in [0.1, 0.15) is 23.2 Å². The van der Waals surface area contributed by atoms with Gasteiger partial charge >= 0.3 is 0 Å². The number of alkyl halides is 2. The van der Waals surface area contributed by atoms with Crippen molar-refractivity contribution in [2.45, 2.75) is 20.0 Å². The summed E-state index contributed by atoms with van der Waals surface area (Å²) in [5, 5.41) is 12.9. The Labute approximate surface area is 108 Å². The molecule has 0 aliphatic rings. The van der Waals surface area contributed by atoms with Crippen molar-refractivity contribution in [1.29, 1.82) is 0 Å². The van der Waals surface area contributed by atoms with Crippen molar-refractivity contribution in [3.8, 4) is 5.69 Å². The van der Waals surface area contributed by atoms with Crippen molar-refractivity contribution >= 4 is 11.6 Å². The molecule has 1 aromatic heterocycles. The van der Waals surface area contributed by atoms with E-state index in [1.165, 1.54) is 4.68 Å². The maximum absolute atomic E-state index is 12.8. The van der Waals surface area contributed by atoms with Crippen molar-refractivity contribution < 1.29 is 13.9 Å². The molecule has 0 atom stereocenters. The van der Waals surface area contributed by atoms with E-state index >= 15 is 0 Å². The van der Waals surface area contributed by atoms with Gasteiger partial charge in [-0.15, -0.1) is 0 Å². The molecule has 0 fully saturated rings. The van der Waals surface area contributed by atoms with Crippen molar-refractivity contribution in [3.05, 3.63) is 46.2 Å². The Morgan fingerprint density at radius 1 is 1.44 bits per heavy atom. The molecule has 96 valence electrons. The maximum atomic E-state index is 12.8. The SMILES string of the molecule is Cc1cccc(-n2nc(C(F)F)c(CO)c2Cl)c1. The number of rotatable bonds is 3. The van der Waals surface area contributed by atoms with Gasteiger partial charge < -0.3 is 5.11 Å².